The van der Waals surface area contributed by atoms with Crippen LogP contribution in [0.15, 0.2) is 53.1 Å². The van der Waals surface area contributed by atoms with E-state index in [0.29, 0.717) is 12.4 Å². The van der Waals surface area contributed by atoms with Gasteiger partial charge in [0.15, 0.2) is 0 Å². The van der Waals surface area contributed by atoms with Gasteiger partial charge in [0.1, 0.15) is 17.2 Å². The van der Waals surface area contributed by atoms with Crippen molar-refractivity contribution in [2.75, 3.05) is 46.0 Å². The van der Waals surface area contributed by atoms with Crippen LogP contribution in [0, 0.1) is 0 Å². The van der Waals surface area contributed by atoms with Crippen LogP contribution in [0.4, 0.5) is 5.82 Å². The predicted molar refractivity (Wildman–Crippen MR) is 123 cm³/mol. The number of carbonyl (C=O) groups is 1. The molecule has 1 amide bonds. The van der Waals surface area contributed by atoms with Gasteiger partial charge in [0.05, 0.1) is 6.54 Å². The first kappa shape index (κ1) is 21.1. The molecule has 31 heavy (non-hydrogen) atoms. The smallest absolute Gasteiger partial charge is 0.246 e. The number of hydrogen-bond donors (Lipinski definition) is 1. The summed E-state index contributed by atoms with van der Waals surface area (Å²) in [5, 5.41) is 1.04. The molecule has 1 aliphatic heterocycles. The molecule has 0 atom stereocenters. The molecule has 0 saturated carbocycles. The Morgan fingerprint density at radius 1 is 1.23 bits per heavy atom. The maximum Gasteiger partial charge on any atom is 0.246 e. The summed E-state index contributed by atoms with van der Waals surface area (Å²) in [7, 11) is 3.90. The highest BCUT2D eigenvalue weighted by molar-refractivity contribution is 5.91. The molecule has 0 radical (unpaired) electrons. The molecule has 7 heteroatoms. The Morgan fingerprint density at radius 3 is 2.77 bits per heavy atom. The van der Waals surface area contributed by atoms with E-state index in [1.54, 1.807) is 30.3 Å². The molecule has 3 heterocycles. The molecule has 162 valence electrons. The van der Waals surface area contributed by atoms with Crippen molar-refractivity contribution in [2.24, 2.45) is 0 Å². The number of nitrogens with two attached hydrogens (primary N) is 1. The average molecular weight is 420 g/mol. The molecule has 1 saturated heterocycles. The number of benzene rings is 1. The van der Waals surface area contributed by atoms with Crippen LogP contribution in [0.5, 0.6) is 0 Å². The van der Waals surface area contributed by atoms with E-state index in [9.17, 15) is 4.79 Å². The number of nitrogen functional groups attached to an aromatic ring is 1. The van der Waals surface area contributed by atoms with Gasteiger partial charge >= 0.3 is 0 Å². The summed E-state index contributed by atoms with van der Waals surface area (Å²) in [5.74, 6) is 1.20. The van der Waals surface area contributed by atoms with Gasteiger partial charge in [0.25, 0.3) is 0 Å². The number of piperazine rings is 1. The third kappa shape index (κ3) is 5.31. The molecule has 7 nitrogen and oxygen atoms in total. The fraction of sp³-hybridized carbons (Fsp3) is 0.333. The van der Waals surface area contributed by atoms with Gasteiger partial charge in [-0.3, -0.25) is 9.69 Å². The largest absolute Gasteiger partial charge is 0.459 e. The van der Waals surface area contributed by atoms with E-state index >= 15 is 0 Å². The normalized spacial score (nSPS) is 15.7. The van der Waals surface area contributed by atoms with Gasteiger partial charge in [-0.15, -0.1) is 0 Å². The van der Waals surface area contributed by atoms with Crippen LogP contribution < -0.4 is 5.73 Å². The molecular formula is C24H29N5O2. The number of carbonyl (C=O) groups excluding carboxylic acids is 1. The van der Waals surface area contributed by atoms with Crippen molar-refractivity contribution >= 4 is 28.8 Å². The van der Waals surface area contributed by atoms with E-state index in [-0.39, 0.29) is 5.91 Å². The van der Waals surface area contributed by atoms with E-state index in [1.165, 1.54) is 0 Å². The zero-order valence-electron chi connectivity index (χ0n) is 18.1. The van der Waals surface area contributed by atoms with Crippen LogP contribution in [-0.2, 0) is 17.9 Å². The fourth-order valence-electron chi connectivity index (χ4n) is 3.73. The van der Waals surface area contributed by atoms with Crippen molar-refractivity contribution in [3.63, 3.8) is 0 Å². The Balaban J connectivity index is 1.38. The second-order valence-corrected chi connectivity index (χ2v) is 8.17. The molecule has 4 rings (SSSR count). The summed E-state index contributed by atoms with van der Waals surface area (Å²) < 4.78 is 5.81. The lowest BCUT2D eigenvalue weighted by molar-refractivity contribution is -0.125. The van der Waals surface area contributed by atoms with Crippen LogP contribution in [0.2, 0.25) is 0 Å². The number of rotatable bonds is 6. The molecule has 0 bridgehead atoms. The zero-order chi connectivity index (χ0) is 21.8. The second kappa shape index (κ2) is 9.32. The van der Waals surface area contributed by atoms with E-state index in [4.69, 9.17) is 10.2 Å². The number of nitrogens with zero attached hydrogens (tertiary/aromatic N) is 4. The van der Waals surface area contributed by atoms with Crippen LogP contribution in [0.25, 0.3) is 17.0 Å². The van der Waals surface area contributed by atoms with E-state index < -0.39 is 0 Å². The van der Waals surface area contributed by atoms with E-state index in [2.05, 4.69) is 21.8 Å². The Labute approximate surface area is 182 Å². The molecule has 0 spiro atoms. The summed E-state index contributed by atoms with van der Waals surface area (Å²) in [6.07, 6.45) is 5.05. The molecule has 1 aromatic carbocycles. The standard InChI is InChI=1S/C24H29N5O2/c1-27-9-11-29(12-10-27)16-20-13-18(15-26-24(20)25)7-8-23(30)28(2)17-21-14-19-5-3-4-6-22(19)31-21/h3-8,13-15H,9-12,16-17H2,1-2H3,(H2,25,26). The number of likely N-dealkylation sites (N-methyl/N-ethyl adjacent to an activating group) is 2. The number of hydrogen-bond acceptors (Lipinski definition) is 6. The fourth-order valence-corrected chi connectivity index (χ4v) is 3.73. The summed E-state index contributed by atoms with van der Waals surface area (Å²) in [4.78, 5) is 23.2. The third-order valence-electron chi connectivity index (χ3n) is 5.68. The first-order chi connectivity index (χ1) is 15.0. The lowest BCUT2D eigenvalue weighted by Gasteiger charge is -2.32. The minimum atomic E-state index is -0.0992. The molecule has 2 N–H and O–H groups in total. The SMILES string of the molecule is CN1CCN(Cc2cc(C=CC(=O)N(C)Cc3cc4ccccc4o3)cnc2N)CC1. The molecule has 1 fully saturated rings. The Bertz CT molecular complexity index is 1050. The van der Waals surface area contributed by atoms with Gasteiger partial charge < -0.3 is 20.0 Å². The van der Waals surface area contributed by atoms with Crippen LogP contribution >= 0.6 is 0 Å². The van der Waals surface area contributed by atoms with Gasteiger partial charge in [-0.25, -0.2) is 4.98 Å². The molecule has 0 unspecified atom stereocenters. The lowest BCUT2D eigenvalue weighted by Crippen LogP contribution is -2.44. The summed E-state index contributed by atoms with van der Waals surface area (Å²) in [5.41, 5.74) is 8.79. The average Bonchev–Trinajstić information content (AvgIpc) is 3.17. The van der Waals surface area contributed by atoms with Gasteiger partial charge in [0.2, 0.25) is 5.91 Å². The van der Waals surface area contributed by atoms with Crippen molar-refractivity contribution in [2.45, 2.75) is 13.1 Å². The number of amides is 1. The quantitative estimate of drug-likeness (QED) is 0.619. The van der Waals surface area contributed by atoms with Crippen molar-refractivity contribution in [3.05, 3.63) is 65.6 Å². The van der Waals surface area contributed by atoms with E-state index in [0.717, 1.165) is 60.6 Å². The maximum atomic E-state index is 12.6. The summed E-state index contributed by atoms with van der Waals surface area (Å²) >= 11 is 0. The Morgan fingerprint density at radius 2 is 2.00 bits per heavy atom. The monoisotopic (exact) mass is 419 g/mol. The number of para-hydroxylation sites is 1. The highest BCUT2D eigenvalue weighted by Crippen LogP contribution is 2.20. The highest BCUT2D eigenvalue weighted by Gasteiger charge is 2.15. The van der Waals surface area contributed by atoms with Crippen LogP contribution in [0.1, 0.15) is 16.9 Å². The van der Waals surface area contributed by atoms with Crippen molar-refractivity contribution in [3.8, 4) is 0 Å². The number of anilines is 1. The van der Waals surface area contributed by atoms with Crippen molar-refractivity contribution < 1.29 is 9.21 Å². The molecule has 3 aromatic rings. The topological polar surface area (TPSA) is 78.8 Å². The second-order valence-electron chi connectivity index (χ2n) is 8.17. The number of aromatic nitrogens is 1. The zero-order valence-corrected chi connectivity index (χ0v) is 18.1. The van der Waals surface area contributed by atoms with Crippen LogP contribution in [-0.4, -0.2) is 65.9 Å². The first-order valence-electron chi connectivity index (χ1n) is 10.5. The Kier molecular flexibility index (Phi) is 6.34. The molecule has 1 aliphatic rings. The predicted octanol–water partition coefficient (Wildman–Crippen LogP) is 2.83. The molecule has 2 aromatic heterocycles. The van der Waals surface area contributed by atoms with Gasteiger partial charge in [0, 0.05) is 63.0 Å². The third-order valence-corrected chi connectivity index (χ3v) is 5.68. The van der Waals surface area contributed by atoms with Gasteiger partial charge in [-0.1, -0.05) is 18.2 Å². The molecule has 0 aliphatic carbocycles. The van der Waals surface area contributed by atoms with Crippen LogP contribution in [0.3, 0.4) is 0 Å². The minimum Gasteiger partial charge on any atom is -0.459 e. The first-order valence-corrected chi connectivity index (χ1v) is 10.5. The molecular weight excluding hydrogens is 390 g/mol. The number of pyridine rings is 1. The van der Waals surface area contributed by atoms with E-state index in [1.807, 2.05) is 36.4 Å². The Hall–Kier alpha value is -3.16. The van der Waals surface area contributed by atoms with Crippen molar-refractivity contribution in [1.82, 2.24) is 19.7 Å². The maximum absolute atomic E-state index is 12.6. The number of fused-ring (bicyclic) bond motifs is 1. The highest BCUT2D eigenvalue weighted by atomic mass is 16.3. The minimum absolute atomic E-state index is 0.0992. The number of furan rings is 1. The summed E-state index contributed by atoms with van der Waals surface area (Å²) in [6, 6.07) is 11.8. The van der Waals surface area contributed by atoms with Gasteiger partial charge in [-0.2, -0.15) is 0 Å². The van der Waals surface area contributed by atoms with Crippen molar-refractivity contribution in [1.29, 1.82) is 0 Å². The summed E-state index contributed by atoms with van der Waals surface area (Å²) in [6.45, 7) is 5.32. The lowest BCUT2D eigenvalue weighted by atomic mass is 10.1. The van der Waals surface area contributed by atoms with Gasteiger partial charge in [-0.05, 0) is 36.9 Å².